The molecule has 7 heteroatoms. The standard InChI is InChI=1S/C25H28N4O3/c1-18-13-19(9-10-24(18)32-17-30)16-26-25(31)22-15-23(28(2)27-22)20-7-6-8-21(14-20)29-11-4-3-5-12-29/h6-10,13-15,17H,3-5,11-12,16H2,1-2H3,(H,26,31). The van der Waals surface area contributed by atoms with E-state index in [1.165, 1.54) is 24.9 Å². The van der Waals surface area contributed by atoms with Crippen molar-refractivity contribution in [2.45, 2.75) is 32.7 Å². The second-order valence-electron chi connectivity index (χ2n) is 8.13. The Labute approximate surface area is 188 Å². The summed E-state index contributed by atoms with van der Waals surface area (Å²) in [6, 6.07) is 15.7. The van der Waals surface area contributed by atoms with Crippen LogP contribution in [0, 0.1) is 6.92 Å². The van der Waals surface area contributed by atoms with Gasteiger partial charge >= 0.3 is 0 Å². The van der Waals surface area contributed by atoms with Gasteiger partial charge in [0, 0.05) is 37.9 Å². The van der Waals surface area contributed by atoms with Crippen LogP contribution in [0.4, 0.5) is 5.69 Å². The summed E-state index contributed by atoms with van der Waals surface area (Å²) in [7, 11) is 1.86. The summed E-state index contributed by atoms with van der Waals surface area (Å²) in [4.78, 5) is 25.7. The Kier molecular flexibility index (Phi) is 6.54. The van der Waals surface area contributed by atoms with Gasteiger partial charge in [0.05, 0.1) is 5.69 Å². The van der Waals surface area contributed by atoms with E-state index in [2.05, 4.69) is 39.6 Å². The van der Waals surface area contributed by atoms with Gasteiger partial charge in [0.1, 0.15) is 5.75 Å². The Balaban J connectivity index is 1.45. The minimum atomic E-state index is -0.232. The number of aromatic nitrogens is 2. The summed E-state index contributed by atoms with van der Waals surface area (Å²) in [6.45, 7) is 4.80. The minimum absolute atomic E-state index is 0.232. The molecule has 0 radical (unpaired) electrons. The van der Waals surface area contributed by atoms with Crippen molar-refractivity contribution in [2.75, 3.05) is 18.0 Å². The van der Waals surface area contributed by atoms with E-state index in [0.717, 1.165) is 35.5 Å². The number of amides is 1. The first-order chi connectivity index (χ1) is 15.5. The molecule has 3 aromatic rings. The van der Waals surface area contributed by atoms with Crippen LogP contribution in [0.15, 0.2) is 48.5 Å². The van der Waals surface area contributed by atoms with E-state index in [-0.39, 0.29) is 5.91 Å². The molecule has 4 rings (SSSR count). The van der Waals surface area contributed by atoms with Crippen molar-refractivity contribution in [3.8, 4) is 17.0 Å². The van der Waals surface area contributed by atoms with Crippen molar-refractivity contribution in [3.05, 3.63) is 65.4 Å². The van der Waals surface area contributed by atoms with Gasteiger partial charge in [-0.2, -0.15) is 5.10 Å². The highest BCUT2D eigenvalue weighted by molar-refractivity contribution is 5.93. The molecule has 2 aromatic carbocycles. The van der Waals surface area contributed by atoms with E-state index in [0.29, 0.717) is 24.5 Å². The molecule has 1 aromatic heterocycles. The van der Waals surface area contributed by atoms with Crippen LogP contribution < -0.4 is 15.0 Å². The molecule has 1 amide bonds. The maximum absolute atomic E-state index is 12.7. The molecule has 1 fully saturated rings. The van der Waals surface area contributed by atoms with Gasteiger partial charge in [0.15, 0.2) is 5.69 Å². The molecule has 0 bridgehead atoms. The number of hydrogen-bond donors (Lipinski definition) is 1. The number of carbonyl (C=O) groups excluding carboxylic acids is 2. The number of nitrogens with zero attached hydrogens (tertiary/aromatic N) is 3. The van der Waals surface area contributed by atoms with Gasteiger partial charge in [-0.3, -0.25) is 14.3 Å². The second-order valence-corrected chi connectivity index (χ2v) is 8.13. The molecular formula is C25H28N4O3. The Bertz CT molecular complexity index is 1120. The Morgan fingerprint density at radius 1 is 1.12 bits per heavy atom. The zero-order valence-electron chi connectivity index (χ0n) is 18.5. The lowest BCUT2D eigenvalue weighted by Crippen LogP contribution is -2.29. The molecule has 32 heavy (non-hydrogen) atoms. The van der Waals surface area contributed by atoms with Crippen LogP contribution >= 0.6 is 0 Å². The van der Waals surface area contributed by atoms with E-state index in [9.17, 15) is 9.59 Å². The normalized spacial score (nSPS) is 13.6. The summed E-state index contributed by atoms with van der Waals surface area (Å²) < 4.78 is 6.66. The first-order valence-electron chi connectivity index (χ1n) is 10.9. The molecular weight excluding hydrogens is 404 g/mol. The van der Waals surface area contributed by atoms with Gasteiger partial charge in [-0.25, -0.2) is 0 Å². The fourth-order valence-electron chi connectivity index (χ4n) is 4.14. The topological polar surface area (TPSA) is 76.5 Å². The van der Waals surface area contributed by atoms with Crippen LogP contribution in [0.2, 0.25) is 0 Å². The monoisotopic (exact) mass is 432 g/mol. The first-order valence-corrected chi connectivity index (χ1v) is 10.9. The van der Waals surface area contributed by atoms with Crippen LogP contribution in [0.5, 0.6) is 5.75 Å². The van der Waals surface area contributed by atoms with Crippen molar-refractivity contribution in [3.63, 3.8) is 0 Å². The number of carbonyl (C=O) groups is 2. The van der Waals surface area contributed by atoms with Crippen molar-refractivity contribution in [1.82, 2.24) is 15.1 Å². The van der Waals surface area contributed by atoms with Crippen molar-refractivity contribution in [2.24, 2.45) is 7.05 Å². The predicted octanol–water partition coefficient (Wildman–Crippen LogP) is 3.85. The number of piperidine rings is 1. The third-order valence-corrected chi connectivity index (χ3v) is 5.84. The number of anilines is 1. The van der Waals surface area contributed by atoms with Crippen molar-refractivity contribution in [1.29, 1.82) is 0 Å². The highest BCUT2D eigenvalue weighted by Crippen LogP contribution is 2.27. The smallest absolute Gasteiger partial charge is 0.298 e. The van der Waals surface area contributed by atoms with E-state index < -0.39 is 0 Å². The highest BCUT2D eigenvalue weighted by atomic mass is 16.5. The predicted molar refractivity (Wildman–Crippen MR) is 124 cm³/mol. The number of hydrogen-bond acceptors (Lipinski definition) is 5. The second kappa shape index (κ2) is 9.68. The third kappa shape index (κ3) is 4.82. The highest BCUT2D eigenvalue weighted by Gasteiger charge is 2.16. The van der Waals surface area contributed by atoms with Crippen LogP contribution in [-0.4, -0.2) is 35.2 Å². The fraction of sp³-hybridized carbons (Fsp3) is 0.320. The largest absolute Gasteiger partial charge is 0.428 e. The number of rotatable bonds is 7. The Morgan fingerprint density at radius 2 is 1.94 bits per heavy atom. The molecule has 1 aliphatic heterocycles. The number of nitrogens with one attached hydrogen (secondary N) is 1. The zero-order chi connectivity index (χ0) is 22.5. The first kappa shape index (κ1) is 21.6. The SMILES string of the molecule is Cc1cc(CNC(=O)c2cc(-c3cccc(N4CCCCC4)c3)n(C)n2)ccc1OC=O. The maximum atomic E-state index is 12.7. The average molecular weight is 433 g/mol. The quantitative estimate of drug-likeness (QED) is 0.574. The molecule has 166 valence electrons. The number of aryl methyl sites for hydroxylation is 2. The molecule has 0 unspecified atom stereocenters. The van der Waals surface area contributed by atoms with Gasteiger partial charge in [0.25, 0.3) is 12.4 Å². The molecule has 1 N–H and O–H groups in total. The summed E-state index contributed by atoms with van der Waals surface area (Å²) >= 11 is 0. The molecule has 1 saturated heterocycles. The van der Waals surface area contributed by atoms with E-state index in [4.69, 9.17) is 4.74 Å². The van der Waals surface area contributed by atoms with Gasteiger partial charge in [-0.1, -0.05) is 24.3 Å². The molecule has 1 aliphatic rings. The van der Waals surface area contributed by atoms with Crippen LogP contribution in [0.3, 0.4) is 0 Å². The molecule has 0 saturated carbocycles. The van der Waals surface area contributed by atoms with E-state index >= 15 is 0 Å². The van der Waals surface area contributed by atoms with E-state index in [1.807, 2.05) is 32.2 Å². The third-order valence-electron chi connectivity index (χ3n) is 5.84. The lowest BCUT2D eigenvalue weighted by atomic mass is 10.1. The van der Waals surface area contributed by atoms with Crippen molar-refractivity contribution >= 4 is 18.1 Å². The van der Waals surface area contributed by atoms with Crippen LogP contribution in [0.25, 0.3) is 11.3 Å². The number of benzene rings is 2. The van der Waals surface area contributed by atoms with Gasteiger partial charge < -0.3 is 15.0 Å². The maximum Gasteiger partial charge on any atom is 0.298 e. The summed E-state index contributed by atoms with van der Waals surface area (Å²) in [5.41, 5.74) is 5.29. The molecule has 0 aliphatic carbocycles. The molecule has 7 nitrogen and oxygen atoms in total. The Hall–Kier alpha value is -3.61. The summed E-state index contributed by atoms with van der Waals surface area (Å²) in [5.74, 6) is 0.279. The van der Waals surface area contributed by atoms with Gasteiger partial charge in [-0.15, -0.1) is 0 Å². The molecule has 0 spiro atoms. The van der Waals surface area contributed by atoms with E-state index in [1.54, 1.807) is 10.7 Å². The molecule has 2 heterocycles. The minimum Gasteiger partial charge on any atom is -0.428 e. The zero-order valence-corrected chi connectivity index (χ0v) is 18.5. The Morgan fingerprint density at radius 3 is 2.69 bits per heavy atom. The average Bonchev–Trinajstić information content (AvgIpc) is 3.21. The van der Waals surface area contributed by atoms with Gasteiger partial charge in [-0.05, 0) is 61.6 Å². The number of ether oxygens (including phenoxy) is 1. The van der Waals surface area contributed by atoms with Crippen LogP contribution in [-0.2, 0) is 18.4 Å². The molecule has 0 atom stereocenters. The fourth-order valence-corrected chi connectivity index (χ4v) is 4.14. The lowest BCUT2D eigenvalue weighted by Gasteiger charge is -2.29. The summed E-state index contributed by atoms with van der Waals surface area (Å²) in [5, 5.41) is 7.35. The summed E-state index contributed by atoms with van der Waals surface area (Å²) in [6.07, 6.45) is 3.76. The lowest BCUT2D eigenvalue weighted by molar-refractivity contribution is -0.120. The van der Waals surface area contributed by atoms with Crippen molar-refractivity contribution < 1.29 is 14.3 Å². The van der Waals surface area contributed by atoms with Gasteiger partial charge in [0.2, 0.25) is 0 Å². The van der Waals surface area contributed by atoms with Crippen LogP contribution in [0.1, 0.15) is 40.9 Å².